The standard InChI is InChI=1S/C29H30F6N4O6S/c1-6-8-15-46(41,42)23-19(28(30,31)32)16-20(36-25(40)45-26(3,4)5)21(37-23)22-38-39-24(44-22)27(14-7-2,29(33,34)35)43-17-18-12-10-9-11-13-18/h6-7,9-13,16H,1-2,8,14-15,17H2,3-5H3,(H,36,40). The molecule has 1 amide bonds. The zero-order valence-electron chi connectivity index (χ0n) is 24.8. The van der Waals surface area contributed by atoms with E-state index in [-0.39, 0.29) is 12.5 Å². The second kappa shape index (κ2) is 13.6. The molecule has 17 heteroatoms. The number of pyridine rings is 1. The molecule has 0 aliphatic carbocycles. The largest absolute Gasteiger partial charge is 0.444 e. The molecule has 1 N–H and O–H groups in total. The molecule has 0 spiro atoms. The Balaban J connectivity index is 2.28. The van der Waals surface area contributed by atoms with Crippen molar-refractivity contribution in [1.29, 1.82) is 0 Å². The van der Waals surface area contributed by atoms with Gasteiger partial charge in [0.25, 0.3) is 11.8 Å². The number of amides is 1. The highest BCUT2D eigenvalue weighted by atomic mass is 32.2. The highest BCUT2D eigenvalue weighted by molar-refractivity contribution is 7.91. The van der Waals surface area contributed by atoms with Crippen molar-refractivity contribution < 1.29 is 53.4 Å². The number of carbonyl (C=O) groups is 1. The third-order valence-electron chi connectivity index (χ3n) is 6.00. The molecule has 2 aromatic heterocycles. The van der Waals surface area contributed by atoms with Gasteiger partial charge in [0, 0.05) is 6.42 Å². The Morgan fingerprint density at radius 3 is 2.22 bits per heavy atom. The molecule has 0 aliphatic rings. The normalized spacial score (nSPS) is 13.9. The SMILES string of the molecule is C=CCCS(=O)(=O)c1nc(-c2nnc(C(CC=C)(OCc3ccccc3)C(F)(F)F)o2)c(NC(=O)OC(C)(C)C)cc1C(F)(F)F. The Hall–Kier alpha value is -4.25. The van der Waals surface area contributed by atoms with E-state index in [0.717, 1.165) is 12.2 Å². The number of rotatable bonds is 12. The van der Waals surface area contributed by atoms with Crippen LogP contribution in [0.25, 0.3) is 11.6 Å². The van der Waals surface area contributed by atoms with E-state index in [0.29, 0.717) is 5.56 Å². The van der Waals surface area contributed by atoms with Crippen LogP contribution in [0.1, 0.15) is 50.6 Å². The topological polar surface area (TPSA) is 134 Å². The summed E-state index contributed by atoms with van der Waals surface area (Å²) in [4.78, 5) is 16.2. The van der Waals surface area contributed by atoms with E-state index in [1.165, 1.54) is 32.9 Å². The van der Waals surface area contributed by atoms with Crippen molar-refractivity contribution in [3.05, 3.63) is 78.7 Å². The van der Waals surface area contributed by atoms with Crippen LogP contribution in [0.3, 0.4) is 0 Å². The van der Waals surface area contributed by atoms with Gasteiger partial charge >= 0.3 is 18.4 Å². The Labute approximate surface area is 260 Å². The molecule has 3 aromatic rings. The van der Waals surface area contributed by atoms with Crippen LogP contribution in [0.4, 0.5) is 36.8 Å². The molecule has 0 saturated carbocycles. The molecule has 46 heavy (non-hydrogen) atoms. The predicted octanol–water partition coefficient (Wildman–Crippen LogP) is 7.40. The number of aromatic nitrogens is 3. The van der Waals surface area contributed by atoms with Gasteiger partial charge in [0.1, 0.15) is 5.60 Å². The number of allylic oxidation sites excluding steroid dienone is 1. The van der Waals surface area contributed by atoms with Crippen LogP contribution in [-0.2, 0) is 37.7 Å². The molecule has 0 fully saturated rings. The van der Waals surface area contributed by atoms with Crippen LogP contribution < -0.4 is 5.32 Å². The van der Waals surface area contributed by atoms with E-state index >= 15 is 0 Å². The summed E-state index contributed by atoms with van der Waals surface area (Å²) in [5.74, 6) is -2.99. The van der Waals surface area contributed by atoms with Gasteiger partial charge in [-0.2, -0.15) is 26.3 Å². The lowest BCUT2D eigenvalue weighted by molar-refractivity contribution is -0.295. The first kappa shape index (κ1) is 36.2. The number of ether oxygens (including phenoxy) is 2. The number of hydrogen-bond donors (Lipinski definition) is 1. The molecule has 2 heterocycles. The lowest BCUT2D eigenvalue weighted by Gasteiger charge is -2.31. The molecular weight excluding hydrogens is 646 g/mol. The minimum atomic E-state index is -5.31. The summed E-state index contributed by atoms with van der Waals surface area (Å²) in [6.07, 6.45) is -11.0. The average Bonchev–Trinajstić information content (AvgIpc) is 3.42. The molecule has 1 aromatic carbocycles. The fourth-order valence-electron chi connectivity index (χ4n) is 3.94. The number of sulfone groups is 1. The summed E-state index contributed by atoms with van der Waals surface area (Å²) in [6.45, 7) is 10.5. The maximum Gasteiger partial charge on any atom is 0.426 e. The van der Waals surface area contributed by atoms with Crippen molar-refractivity contribution in [2.75, 3.05) is 11.1 Å². The highest BCUT2D eigenvalue weighted by Gasteiger charge is 2.61. The van der Waals surface area contributed by atoms with Gasteiger partial charge in [-0.15, -0.1) is 23.4 Å². The Bertz CT molecular complexity index is 1670. The van der Waals surface area contributed by atoms with Gasteiger partial charge in [-0.05, 0) is 38.8 Å². The first-order valence-corrected chi connectivity index (χ1v) is 15.0. The van der Waals surface area contributed by atoms with Crippen molar-refractivity contribution in [2.45, 2.75) is 68.8 Å². The summed E-state index contributed by atoms with van der Waals surface area (Å²) < 4.78 is 128. The average molecular weight is 677 g/mol. The molecule has 0 aliphatic heterocycles. The first-order chi connectivity index (χ1) is 21.2. The maximum absolute atomic E-state index is 14.7. The fourth-order valence-corrected chi connectivity index (χ4v) is 5.35. The van der Waals surface area contributed by atoms with E-state index in [4.69, 9.17) is 13.9 Å². The zero-order chi connectivity index (χ0) is 34.6. The molecule has 0 bridgehead atoms. The highest BCUT2D eigenvalue weighted by Crippen LogP contribution is 2.46. The molecule has 1 unspecified atom stereocenters. The van der Waals surface area contributed by atoms with Crippen LogP contribution in [0, 0.1) is 0 Å². The number of carbonyl (C=O) groups excluding carboxylic acids is 1. The van der Waals surface area contributed by atoms with Crippen molar-refractivity contribution in [3.8, 4) is 11.6 Å². The van der Waals surface area contributed by atoms with E-state index in [1.807, 2.05) is 5.32 Å². The number of benzene rings is 1. The minimum Gasteiger partial charge on any atom is -0.444 e. The zero-order valence-corrected chi connectivity index (χ0v) is 25.6. The van der Waals surface area contributed by atoms with Gasteiger partial charge in [-0.1, -0.05) is 42.5 Å². The number of hydrogen-bond acceptors (Lipinski definition) is 9. The van der Waals surface area contributed by atoms with Crippen LogP contribution in [0.2, 0.25) is 0 Å². The van der Waals surface area contributed by atoms with Gasteiger partial charge in [-0.3, -0.25) is 5.32 Å². The van der Waals surface area contributed by atoms with Gasteiger partial charge in [0.15, 0.2) is 20.6 Å². The van der Waals surface area contributed by atoms with Crippen LogP contribution in [0.15, 0.2) is 71.2 Å². The van der Waals surface area contributed by atoms with E-state index < -0.39 is 92.0 Å². The van der Waals surface area contributed by atoms with Crippen LogP contribution in [-0.4, -0.2) is 47.2 Å². The smallest absolute Gasteiger partial charge is 0.426 e. The Morgan fingerprint density at radius 1 is 1.02 bits per heavy atom. The monoisotopic (exact) mass is 676 g/mol. The van der Waals surface area contributed by atoms with E-state index in [9.17, 15) is 39.6 Å². The molecule has 0 radical (unpaired) electrons. The summed E-state index contributed by atoms with van der Waals surface area (Å²) in [7, 11) is -4.79. The second-order valence-corrected chi connectivity index (χ2v) is 12.8. The fraction of sp³-hybridized carbons (Fsp3) is 0.379. The van der Waals surface area contributed by atoms with Gasteiger partial charge in [0.05, 0.1) is 23.6 Å². The van der Waals surface area contributed by atoms with Crippen molar-refractivity contribution in [3.63, 3.8) is 0 Å². The molecule has 3 rings (SSSR count). The molecule has 250 valence electrons. The quantitative estimate of drug-likeness (QED) is 0.154. The van der Waals surface area contributed by atoms with Crippen molar-refractivity contribution >= 4 is 21.6 Å². The van der Waals surface area contributed by atoms with Crippen molar-refractivity contribution in [1.82, 2.24) is 15.2 Å². The first-order valence-electron chi connectivity index (χ1n) is 13.4. The second-order valence-electron chi connectivity index (χ2n) is 10.8. The summed E-state index contributed by atoms with van der Waals surface area (Å²) in [6, 6.07) is 8.03. The molecule has 1 atom stereocenters. The molecular formula is C29H30F6N4O6S. The predicted molar refractivity (Wildman–Crippen MR) is 153 cm³/mol. The van der Waals surface area contributed by atoms with Crippen molar-refractivity contribution in [2.24, 2.45) is 0 Å². The summed E-state index contributed by atoms with van der Waals surface area (Å²) >= 11 is 0. The maximum atomic E-state index is 14.7. The number of anilines is 1. The Kier molecular flexibility index (Phi) is 10.7. The summed E-state index contributed by atoms with van der Waals surface area (Å²) in [5, 5.41) is 7.55. The van der Waals surface area contributed by atoms with Gasteiger partial charge in [-0.25, -0.2) is 18.2 Å². The third kappa shape index (κ3) is 8.51. The molecule has 10 nitrogen and oxygen atoms in total. The third-order valence-corrected chi connectivity index (χ3v) is 7.68. The number of nitrogens with one attached hydrogen (secondary N) is 1. The lowest BCUT2D eigenvalue weighted by atomic mass is 9.98. The number of alkyl halides is 6. The summed E-state index contributed by atoms with van der Waals surface area (Å²) in [5.41, 5.74) is -7.57. The van der Waals surface area contributed by atoms with Gasteiger partial charge in [0.2, 0.25) is 5.60 Å². The van der Waals surface area contributed by atoms with Crippen LogP contribution in [0.5, 0.6) is 0 Å². The van der Waals surface area contributed by atoms with E-state index in [2.05, 4.69) is 28.3 Å². The lowest BCUT2D eigenvalue weighted by Crippen LogP contribution is -2.45. The van der Waals surface area contributed by atoms with Crippen LogP contribution >= 0.6 is 0 Å². The number of nitrogens with zero attached hydrogens (tertiary/aromatic N) is 3. The molecule has 0 saturated heterocycles. The van der Waals surface area contributed by atoms with E-state index in [1.54, 1.807) is 18.2 Å². The Morgan fingerprint density at radius 2 is 1.67 bits per heavy atom. The minimum absolute atomic E-state index is 0.240. The number of halogens is 6. The van der Waals surface area contributed by atoms with Gasteiger partial charge < -0.3 is 13.9 Å².